The second-order valence-corrected chi connectivity index (χ2v) is 3.69. The average molecular weight is 245 g/mol. The maximum Gasteiger partial charge on any atom is 0.310 e. The topological polar surface area (TPSA) is 82.0 Å². The molecule has 0 unspecified atom stereocenters. The van der Waals surface area contributed by atoms with Crippen LogP contribution in [-0.4, -0.2) is 18.4 Å². The van der Waals surface area contributed by atoms with Gasteiger partial charge in [-0.05, 0) is 17.5 Å². The summed E-state index contributed by atoms with van der Waals surface area (Å²) in [6.45, 7) is 2.19. The summed E-state index contributed by atoms with van der Waals surface area (Å²) in [7, 11) is 0. The smallest absolute Gasteiger partial charge is 0.310 e. The highest BCUT2D eigenvalue weighted by molar-refractivity contribution is 6.35. The summed E-state index contributed by atoms with van der Waals surface area (Å²) >= 11 is 0. The highest BCUT2D eigenvalue weighted by Gasteiger charge is 2.11. The molecule has 18 heavy (non-hydrogen) atoms. The molecule has 0 saturated heterocycles. The number of hydrogen-bond donors (Lipinski definition) is 2. The lowest BCUT2D eigenvalue weighted by Gasteiger charge is -2.05. The fourth-order valence-electron chi connectivity index (χ4n) is 1.36. The number of nitrogens with one attached hydrogen (secondary N) is 2. The van der Waals surface area contributed by atoms with E-state index in [-0.39, 0.29) is 6.54 Å². The zero-order valence-corrected chi connectivity index (χ0v) is 10.2. The number of benzene rings is 1. The van der Waals surface area contributed by atoms with E-state index in [0.717, 1.165) is 12.0 Å². The molecule has 1 aromatic rings. The van der Waals surface area contributed by atoms with Crippen molar-refractivity contribution < 1.29 is 9.59 Å². The molecule has 0 radical (unpaired) electrons. The normalized spacial score (nSPS) is 9.33. The molecule has 2 amide bonds. The van der Waals surface area contributed by atoms with Crippen LogP contribution in [0.1, 0.15) is 18.1 Å². The molecule has 5 heteroatoms. The van der Waals surface area contributed by atoms with E-state index in [1.54, 1.807) is 6.07 Å². The monoisotopic (exact) mass is 245 g/mol. The van der Waals surface area contributed by atoms with Crippen LogP contribution in [0.4, 0.5) is 0 Å². The minimum Gasteiger partial charge on any atom is -0.344 e. The summed E-state index contributed by atoms with van der Waals surface area (Å²) in [5.74, 6) is -1.52. The van der Waals surface area contributed by atoms with Gasteiger partial charge in [0, 0.05) is 6.54 Å². The van der Waals surface area contributed by atoms with Gasteiger partial charge >= 0.3 is 11.8 Å². The van der Waals surface area contributed by atoms with E-state index >= 15 is 0 Å². The quantitative estimate of drug-likeness (QED) is 0.599. The number of rotatable bonds is 4. The molecule has 0 heterocycles. The number of aryl methyl sites for hydroxylation is 1. The van der Waals surface area contributed by atoms with Gasteiger partial charge in [-0.3, -0.25) is 9.59 Å². The summed E-state index contributed by atoms with van der Waals surface area (Å²) in [4.78, 5) is 22.5. The van der Waals surface area contributed by atoms with E-state index in [1.807, 2.05) is 24.3 Å². The van der Waals surface area contributed by atoms with E-state index < -0.39 is 11.8 Å². The lowest BCUT2D eigenvalue weighted by Crippen LogP contribution is -2.39. The molecule has 0 saturated carbocycles. The van der Waals surface area contributed by atoms with Gasteiger partial charge in [-0.2, -0.15) is 5.26 Å². The van der Waals surface area contributed by atoms with Gasteiger partial charge in [0.15, 0.2) is 0 Å². The second-order valence-electron chi connectivity index (χ2n) is 3.69. The average Bonchev–Trinajstić information content (AvgIpc) is 2.42. The molecule has 1 rings (SSSR count). The first-order chi connectivity index (χ1) is 8.67. The maximum atomic E-state index is 11.3. The predicted molar refractivity (Wildman–Crippen MR) is 66.3 cm³/mol. The number of nitrogens with zero attached hydrogens (tertiary/aromatic N) is 1. The lowest BCUT2D eigenvalue weighted by molar-refractivity contribution is -0.139. The van der Waals surface area contributed by atoms with E-state index in [4.69, 9.17) is 5.26 Å². The van der Waals surface area contributed by atoms with Gasteiger partial charge in [-0.1, -0.05) is 31.2 Å². The Balaban J connectivity index is 2.42. The molecular weight excluding hydrogens is 230 g/mol. The van der Waals surface area contributed by atoms with E-state index in [2.05, 4.69) is 17.6 Å². The zero-order valence-electron chi connectivity index (χ0n) is 10.2. The fourth-order valence-corrected chi connectivity index (χ4v) is 1.36. The molecule has 0 bridgehead atoms. The Bertz CT molecular complexity index is 460. The minimum absolute atomic E-state index is 0.169. The van der Waals surface area contributed by atoms with Crippen molar-refractivity contribution in [3.8, 4) is 6.07 Å². The van der Waals surface area contributed by atoms with Gasteiger partial charge in [0.05, 0.1) is 6.07 Å². The largest absolute Gasteiger partial charge is 0.344 e. The van der Waals surface area contributed by atoms with Crippen LogP contribution in [0, 0.1) is 11.3 Å². The first-order valence-electron chi connectivity index (χ1n) is 5.68. The van der Waals surface area contributed by atoms with Crippen molar-refractivity contribution in [1.29, 1.82) is 5.26 Å². The highest BCUT2D eigenvalue weighted by atomic mass is 16.2. The number of carbonyl (C=O) groups is 2. The SMILES string of the molecule is CCc1ccc(CNC(=O)C(=O)NCC#N)cc1. The van der Waals surface area contributed by atoms with Crippen molar-refractivity contribution >= 4 is 11.8 Å². The van der Waals surface area contributed by atoms with Crippen molar-refractivity contribution in [2.24, 2.45) is 0 Å². The van der Waals surface area contributed by atoms with Crippen LogP contribution in [0.25, 0.3) is 0 Å². The molecule has 94 valence electrons. The first-order valence-corrected chi connectivity index (χ1v) is 5.68. The van der Waals surface area contributed by atoms with Crippen LogP contribution in [0.5, 0.6) is 0 Å². The van der Waals surface area contributed by atoms with Gasteiger partial charge in [0.25, 0.3) is 0 Å². The van der Waals surface area contributed by atoms with Gasteiger partial charge in [0.2, 0.25) is 0 Å². The molecule has 1 aromatic carbocycles. The number of nitriles is 1. The van der Waals surface area contributed by atoms with Gasteiger partial charge in [-0.15, -0.1) is 0 Å². The third-order valence-corrected chi connectivity index (χ3v) is 2.42. The van der Waals surface area contributed by atoms with Gasteiger partial charge in [0.1, 0.15) is 6.54 Å². The molecule has 0 aliphatic rings. The van der Waals surface area contributed by atoms with Crippen LogP contribution in [0.2, 0.25) is 0 Å². The van der Waals surface area contributed by atoms with Crippen molar-refractivity contribution in [2.75, 3.05) is 6.54 Å². The van der Waals surface area contributed by atoms with Gasteiger partial charge < -0.3 is 10.6 Å². The van der Waals surface area contributed by atoms with Gasteiger partial charge in [-0.25, -0.2) is 0 Å². The van der Waals surface area contributed by atoms with Crippen molar-refractivity contribution in [1.82, 2.24) is 10.6 Å². The third kappa shape index (κ3) is 4.26. The maximum absolute atomic E-state index is 11.3. The Kier molecular flexibility index (Phi) is 5.39. The Labute approximate surface area is 106 Å². The Hall–Kier alpha value is -2.35. The molecule has 5 nitrogen and oxygen atoms in total. The van der Waals surface area contributed by atoms with Crippen LogP contribution < -0.4 is 10.6 Å². The predicted octanol–water partition coefficient (Wildman–Crippen LogP) is 0.505. The molecule has 0 aliphatic carbocycles. The first kappa shape index (κ1) is 13.7. The summed E-state index contributed by atoms with van der Waals surface area (Å²) < 4.78 is 0. The Morgan fingerprint density at radius 2 is 1.67 bits per heavy atom. The molecule has 0 aromatic heterocycles. The van der Waals surface area contributed by atoms with E-state index in [0.29, 0.717) is 6.54 Å². The number of hydrogen-bond acceptors (Lipinski definition) is 3. The van der Waals surface area contributed by atoms with E-state index in [9.17, 15) is 9.59 Å². The molecule has 0 spiro atoms. The van der Waals surface area contributed by atoms with Crippen LogP contribution in [-0.2, 0) is 22.6 Å². The summed E-state index contributed by atoms with van der Waals surface area (Å²) in [5.41, 5.74) is 2.14. The minimum atomic E-state index is -0.790. The van der Waals surface area contributed by atoms with Crippen LogP contribution in [0.3, 0.4) is 0 Å². The fraction of sp³-hybridized carbons (Fsp3) is 0.308. The van der Waals surface area contributed by atoms with Crippen molar-refractivity contribution in [2.45, 2.75) is 19.9 Å². The van der Waals surface area contributed by atoms with Crippen molar-refractivity contribution in [3.63, 3.8) is 0 Å². The third-order valence-electron chi connectivity index (χ3n) is 2.42. The Morgan fingerprint density at radius 3 is 2.22 bits per heavy atom. The summed E-state index contributed by atoms with van der Waals surface area (Å²) in [6, 6.07) is 9.51. The standard InChI is InChI=1S/C13H15N3O2/c1-2-10-3-5-11(6-4-10)9-16-13(18)12(17)15-8-7-14/h3-6H,2,8-9H2,1H3,(H,15,17)(H,16,18). The van der Waals surface area contributed by atoms with Crippen LogP contribution >= 0.6 is 0 Å². The molecule has 0 aliphatic heterocycles. The number of carbonyl (C=O) groups excluding carboxylic acids is 2. The number of amides is 2. The van der Waals surface area contributed by atoms with E-state index in [1.165, 1.54) is 5.56 Å². The molecule has 2 N–H and O–H groups in total. The lowest BCUT2D eigenvalue weighted by atomic mass is 10.1. The highest BCUT2D eigenvalue weighted by Crippen LogP contribution is 2.04. The molecule has 0 atom stereocenters. The van der Waals surface area contributed by atoms with Crippen LogP contribution in [0.15, 0.2) is 24.3 Å². The van der Waals surface area contributed by atoms with Crippen molar-refractivity contribution in [3.05, 3.63) is 35.4 Å². The summed E-state index contributed by atoms with van der Waals surface area (Å²) in [6.07, 6.45) is 0.962. The molecular formula is C13H15N3O2. The summed E-state index contributed by atoms with van der Waals surface area (Å²) in [5, 5.41) is 12.9. The molecule has 0 fully saturated rings. The Morgan fingerprint density at radius 1 is 1.11 bits per heavy atom. The zero-order chi connectivity index (χ0) is 13.4. The second kappa shape index (κ2) is 7.07.